The third-order valence-electron chi connectivity index (χ3n) is 23.7. The predicted molar refractivity (Wildman–Crippen MR) is 550 cm³/mol. The lowest BCUT2D eigenvalue weighted by molar-refractivity contribution is -0.159. The van der Waals surface area contributed by atoms with Gasteiger partial charge >= 0.3 is 48.1 Å². The average molecular weight is 2080 g/mol. The second-order valence-corrected chi connectivity index (χ2v) is 45.6. The van der Waals surface area contributed by atoms with E-state index in [1.807, 2.05) is 96.9 Å². The number of likely N-dealkylation sites (N-methyl/N-ethyl adjacent to an activating group) is 5. The van der Waals surface area contributed by atoms with Crippen LogP contribution in [-0.2, 0) is 71.7 Å². The fourth-order valence-electron chi connectivity index (χ4n) is 14.3. The number of nitrogens with zero attached hydrogens (tertiary/aromatic N) is 7. The van der Waals surface area contributed by atoms with Crippen LogP contribution in [0.2, 0.25) is 0 Å². The van der Waals surface area contributed by atoms with Gasteiger partial charge in [0.2, 0.25) is 50.0 Å². The van der Waals surface area contributed by atoms with Gasteiger partial charge in [-0.15, -0.1) is 0 Å². The van der Waals surface area contributed by atoms with E-state index in [0.717, 1.165) is 43.1 Å². The number of nitrogens with one attached hydrogen (secondary N) is 7. The van der Waals surface area contributed by atoms with Crippen molar-refractivity contribution in [2.75, 3.05) is 74.6 Å². The van der Waals surface area contributed by atoms with Crippen molar-refractivity contribution in [3.63, 3.8) is 0 Å². The van der Waals surface area contributed by atoms with E-state index in [4.69, 9.17) is 14.2 Å². The van der Waals surface area contributed by atoms with Crippen molar-refractivity contribution >= 4 is 169 Å². The molecule has 0 bridgehead atoms. The number of ether oxygens (including phenoxy) is 3. The molecule has 8 rings (SSSR count). The molecule has 4 saturated heterocycles. The van der Waals surface area contributed by atoms with Crippen LogP contribution in [0.3, 0.4) is 0 Å². The topological polar surface area (TPSA) is 493 Å². The van der Waals surface area contributed by atoms with Crippen LogP contribution in [0.15, 0.2) is 121 Å². The zero-order chi connectivity index (χ0) is 109. The average Bonchev–Trinajstić information content (AvgIpc) is 1.63. The van der Waals surface area contributed by atoms with Gasteiger partial charge in [0.1, 0.15) is 62.1 Å². The predicted octanol–water partition coefficient (Wildman–Crippen LogP) is 11.8. The number of hydrogen-bond acceptors (Lipinski definition) is 28. The van der Waals surface area contributed by atoms with Gasteiger partial charge in [0.15, 0.2) is 0 Å². The van der Waals surface area contributed by atoms with Gasteiger partial charge in [-0.1, -0.05) is 265 Å². The molecule has 0 saturated carbocycles. The van der Waals surface area contributed by atoms with Gasteiger partial charge < -0.3 is 66.1 Å². The molecule has 144 heavy (non-hydrogen) atoms. The quantitative estimate of drug-likeness (QED) is 0.00941. The summed E-state index contributed by atoms with van der Waals surface area (Å²) in [5.74, 6) is -6.02. The summed E-state index contributed by atoms with van der Waals surface area (Å²) >= 11 is 2.81. The molecule has 4 fully saturated rings. The summed E-state index contributed by atoms with van der Waals surface area (Å²) in [6.45, 7) is 39.4. The van der Waals surface area contributed by atoms with Crippen LogP contribution in [0, 0.1) is 34.5 Å². The highest BCUT2D eigenvalue weighted by atomic mass is 32.2. The van der Waals surface area contributed by atoms with Crippen molar-refractivity contribution in [2.45, 2.75) is 258 Å². The van der Waals surface area contributed by atoms with E-state index in [-0.39, 0.29) is 134 Å². The number of benzene rings is 4. The molecule has 3 unspecified atom stereocenters. The van der Waals surface area contributed by atoms with E-state index in [0.29, 0.717) is 41.1 Å². The molecule has 8 atom stereocenters. The first-order valence-electron chi connectivity index (χ1n) is 47.6. The number of carbonyl (C=O) groups is 21. The lowest BCUT2D eigenvalue weighted by Gasteiger charge is -2.32. The highest BCUT2D eigenvalue weighted by molar-refractivity contribution is 8.16. The van der Waals surface area contributed by atoms with Crippen molar-refractivity contribution < 1.29 is 115 Å². The van der Waals surface area contributed by atoms with Gasteiger partial charge in [0.25, 0.3) is 23.6 Å². The second-order valence-electron chi connectivity index (χ2n) is 40.9. The summed E-state index contributed by atoms with van der Waals surface area (Å²) in [6.07, 6.45) is -0.182. The Morgan fingerprint density at radius 2 is 0.625 bits per heavy atom. The third-order valence-corrected chi connectivity index (χ3v) is 28.4. The fraction of sp³-hybridized carbons (Fsp3) is 0.559. The lowest BCUT2D eigenvalue weighted by atomic mass is 9.85. The number of hydrogen-bond donors (Lipinski definition) is 7. The molecule has 790 valence electrons. The molecule has 0 aliphatic carbocycles. The fourth-order valence-corrected chi connectivity index (χ4v) is 18.0. The Labute approximate surface area is 860 Å². The van der Waals surface area contributed by atoms with Gasteiger partial charge in [-0.05, 0) is 128 Å². The molecule has 38 nitrogen and oxygen atoms in total. The molecule has 18 amide bonds. The van der Waals surface area contributed by atoms with Crippen LogP contribution in [0.25, 0.3) is 0 Å². The summed E-state index contributed by atoms with van der Waals surface area (Å²) in [4.78, 5) is 278. The summed E-state index contributed by atoms with van der Waals surface area (Å²) in [5.41, 5.74) is -3.87. The zero-order valence-electron chi connectivity index (χ0n) is 87.5. The molecule has 0 radical (unpaired) electrons. The largest absolute Gasteiger partial charge is 0.465 e. The van der Waals surface area contributed by atoms with Gasteiger partial charge in [-0.2, -0.15) is 0 Å². The number of imide groups is 4. The van der Waals surface area contributed by atoms with Crippen molar-refractivity contribution in [2.24, 2.45) is 34.5 Å². The summed E-state index contributed by atoms with van der Waals surface area (Å²) in [6, 6.07) is 27.9. The minimum atomic E-state index is -1.32. The van der Waals surface area contributed by atoms with Crippen molar-refractivity contribution in [1.82, 2.24) is 71.5 Å². The summed E-state index contributed by atoms with van der Waals surface area (Å²) in [5, 5.41) is 12.5. The summed E-state index contributed by atoms with van der Waals surface area (Å²) < 4.78 is 15.7. The molecular formula is C102H144N14O24S4. The smallest absolute Gasteiger partial charge is 0.407 e. The third kappa shape index (κ3) is 34.9. The Morgan fingerprint density at radius 1 is 0.347 bits per heavy atom. The summed E-state index contributed by atoms with van der Waals surface area (Å²) in [7, 11) is 7.60. The Hall–Kier alpha value is -12.1. The van der Waals surface area contributed by atoms with E-state index < -0.39 is 172 Å². The van der Waals surface area contributed by atoms with Crippen molar-refractivity contribution in [1.29, 1.82) is 0 Å². The number of urea groups is 4. The van der Waals surface area contributed by atoms with Crippen molar-refractivity contribution in [3.05, 3.63) is 144 Å². The van der Waals surface area contributed by atoms with Gasteiger partial charge in [-0.25, -0.2) is 24.0 Å². The van der Waals surface area contributed by atoms with Crippen LogP contribution >= 0.6 is 47.0 Å². The molecule has 4 aromatic rings. The monoisotopic (exact) mass is 2080 g/mol. The van der Waals surface area contributed by atoms with E-state index in [1.54, 1.807) is 170 Å². The maximum atomic E-state index is 13.7. The highest BCUT2D eigenvalue weighted by Crippen LogP contribution is 2.35. The number of thioether (sulfide) groups is 4. The normalized spacial score (nSPS) is 16.9. The standard InChI is InChI=1S/C33H36N4O9S2.C30H45N5O6S.C21H28N2O5S.C18H35N3O4/c1-32(2)28(42)36(30(44)34-32)18-16-22(47-26(40)20-12-8-6-9-13-20)24(38)46-25(39)23(48-27(41)21-14-10-7-11-15-21)17-19-37-29(43)33(3,4)35(5)31(37)45;1-18(2)17-20(23(36)33-22(25(38)31-8)29(3,4)5)32-24(37)21(42-26(39)19-13-11-10-12-14-19)15-16-35-27(40)30(6,7)34(9)28(35)41;1-14(2)13-28-17(24)16(29-18(25)15-9-7-6-8-10-15)11-12-23-19(26)21(3,4)22(5)20(23)27;1-11(2)9-13(20-17(24)25-10-12(3)4)15(22)21-14(16(23)19-8)18(5,6)7/h6-15,22-23H,16-19H2,1-5H3,(H,34,44);10-14,18,20-22H,15-17H2,1-9H3,(H,31,38)(H,32,37)(H,33,36);6-10,14,16H,11-13H2,1-5H3;11-14H,9-10H2,1-8H3,(H,19,23)(H,20,24)(H,21,22)/t;20-,21+,22+;;13-,14+/m.0.0/s1. The van der Waals surface area contributed by atoms with E-state index in [9.17, 15) is 101 Å². The maximum absolute atomic E-state index is 13.7. The number of carbonyl (C=O) groups excluding carboxylic acids is 21. The van der Waals surface area contributed by atoms with Gasteiger partial charge in [-0.3, -0.25) is 96.3 Å². The SMILES string of the molecule is CC(C)COC(=O)C(CCN1C(=O)N(C)C(C)(C)C1=O)SC(=O)c1ccccc1.CN1C(=O)N(CCC(SC(=O)c2ccccc2)C(=O)OC(=O)C(CCN2C(=O)NC(C)(C)C2=O)SC(=O)c2ccccc2)C(=O)C1(C)C.CNC(=O)[C@@H](NC(=O)[C@H](CC(C)C)NC(=O)OCC(C)C)C(C)(C)C.CNC(=O)[C@@H](NC(=O)[C@H](CC(C)C)NC(=O)[C@@H](CCN1C(=O)N(C)C(C)(C)C1=O)SC(=O)c1ccccc1)C(C)(C)C. The van der Waals surface area contributed by atoms with Crippen LogP contribution in [0.1, 0.15) is 232 Å². The number of amides is 18. The van der Waals surface area contributed by atoms with Gasteiger partial charge in [0.05, 0.1) is 18.5 Å². The van der Waals surface area contributed by atoms with Crippen LogP contribution in [0.5, 0.6) is 0 Å². The second kappa shape index (κ2) is 54.2. The molecule has 0 aromatic heterocycles. The van der Waals surface area contributed by atoms with Crippen molar-refractivity contribution in [3.8, 4) is 0 Å². The molecular weight excluding hydrogens is 1930 g/mol. The number of esters is 3. The highest BCUT2D eigenvalue weighted by Gasteiger charge is 2.53. The molecule has 4 aromatic carbocycles. The van der Waals surface area contributed by atoms with Crippen LogP contribution < -0.4 is 37.2 Å². The zero-order valence-corrected chi connectivity index (χ0v) is 90.8. The minimum absolute atomic E-state index is 0.00462. The molecule has 4 aliphatic rings. The first kappa shape index (κ1) is 122. The Balaban J connectivity index is 0.000000349. The lowest BCUT2D eigenvalue weighted by Crippen LogP contribution is -2.58. The Bertz CT molecular complexity index is 5270. The van der Waals surface area contributed by atoms with Crippen LogP contribution in [0.4, 0.5) is 24.0 Å². The molecule has 42 heteroatoms. The van der Waals surface area contributed by atoms with Gasteiger partial charge in [0, 0.05) is 83.7 Å². The Morgan fingerprint density at radius 3 is 0.889 bits per heavy atom. The maximum Gasteiger partial charge on any atom is 0.407 e. The van der Waals surface area contributed by atoms with Crippen LogP contribution in [-0.4, -0.2) is 298 Å². The minimum Gasteiger partial charge on any atom is -0.465 e. The first-order chi connectivity index (χ1) is 66.9. The number of rotatable bonds is 40. The van der Waals surface area contributed by atoms with E-state index >= 15 is 0 Å². The molecule has 4 heterocycles. The van der Waals surface area contributed by atoms with E-state index in [2.05, 4.69) is 37.2 Å². The Kier molecular flexibility index (Phi) is 46.1. The first-order valence-corrected chi connectivity index (χ1v) is 51.1. The van der Waals surface area contributed by atoms with E-state index in [1.165, 1.54) is 56.7 Å². The molecule has 4 aliphatic heterocycles. The molecule has 7 N–H and O–H groups in total. The molecule has 0 spiro atoms. The number of alkyl carbamates (subject to hydrolysis) is 1.